The summed E-state index contributed by atoms with van der Waals surface area (Å²) in [5, 5.41) is 5.33. The van der Waals surface area contributed by atoms with Gasteiger partial charge in [0.2, 0.25) is 45.5 Å². The van der Waals surface area contributed by atoms with Gasteiger partial charge >= 0.3 is 6.03 Å². The number of nitrogens with one attached hydrogen (secondary N) is 3. The molecule has 0 saturated carbocycles. The zero-order chi connectivity index (χ0) is 76.8. The fourth-order valence-corrected chi connectivity index (χ4v) is 15.2. The number of imide groups is 1. The predicted molar refractivity (Wildman–Crippen MR) is 390 cm³/mol. The molecule has 0 spiro atoms. The van der Waals surface area contributed by atoms with Crippen molar-refractivity contribution >= 4 is 74.6 Å². The van der Waals surface area contributed by atoms with Crippen molar-refractivity contribution in [3.63, 3.8) is 0 Å². The average molecular weight is 1470 g/mol. The number of sulfonamides is 1. The second-order valence-electron chi connectivity index (χ2n) is 29.2. The average Bonchev–Trinajstić information content (AvgIpc) is 1.80. The van der Waals surface area contributed by atoms with Crippen molar-refractivity contribution in [2.75, 3.05) is 94.6 Å². The first kappa shape index (κ1) is 88.5. The Morgan fingerprint density at radius 3 is 1.86 bits per heavy atom. The molecule has 8 amide bonds. The summed E-state index contributed by atoms with van der Waals surface area (Å²) in [5.41, 5.74) is 6.73. The van der Waals surface area contributed by atoms with Crippen LogP contribution in [0.15, 0.2) is 54.6 Å². The third-order valence-electron chi connectivity index (χ3n) is 20.0. The second kappa shape index (κ2) is 44.2. The number of benzene rings is 2. The number of nitrogens with zero attached hydrogens (tertiary/aromatic N) is 4. The monoisotopic (exact) mass is 1460 g/mol. The van der Waals surface area contributed by atoms with Gasteiger partial charge in [0.15, 0.2) is 11.6 Å². The van der Waals surface area contributed by atoms with Crippen molar-refractivity contribution in [3.05, 3.63) is 71.3 Å². The Morgan fingerprint density at radius 2 is 1.31 bits per heavy atom. The molecule has 2 saturated heterocycles. The molecule has 0 aromatic heterocycles. The number of likely N-dealkylation sites (tertiary alicyclic amines) is 2. The van der Waals surface area contributed by atoms with Crippen LogP contribution in [0.4, 0.5) is 4.79 Å². The van der Waals surface area contributed by atoms with E-state index in [9.17, 15) is 61.2 Å². The van der Waals surface area contributed by atoms with Gasteiger partial charge in [-0.15, -0.1) is 0 Å². The van der Waals surface area contributed by atoms with Crippen molar-refractivity contribution in [1.29, 1.82) is 0 Å². The molecule has 2 aromatic rings. The van der Waals surface area contributed by atoms with E-state index in [0.29, 0.717) is 36.9 Å². The largest absolute Gasteiger partial charge is 0.379 e. The highest BCUT2D eigenvalue weighted by molar-refractivity contribution is 7.89. The summed E-state index contributed by atoms with van der Waals surface area (Å²) in [6.45, 7) is 20.8. The topological polar surface area (TPSA) is 343 Å². The third kappa shape index (κ3) is 28.5. The molecule has 0 bridgehead atoms. The maximum Gasteiger partial charge on any atom is 0.312 e. The Morgan fingerprint density at radius 1 is 0.699 bits per heavy atom. The van der Waals surface area contributed by atoms with Gasteiger partial charge in [0.25, 0.3) is 0 Å². The quantitative estimate of drug-likeness (QED) is 0.0417. The smallest absolute Gasteiger partial charge is 0.312 e. The number of amides is 8. The maximum absolute atomic E-state index is 14.7. The maximum atomic E-state index is 14.7. The molecule has 12 atom stereocenters. The van der Waals surface area contributed by atoms with Crippen LogP contribution in [0.25, 0.3) is 0 Å². The molecule has 4 rings (SSSR count). The zero-order valence-electron chi connectivity index (χ0n) is 63.7. The number of hydrogen-bond acceptors (Lipinski definition) is 19. The SMILES string of the molecule is CC[C@H](C)[C@@H]([C@@H](CC(=O)N1CCC[C@H]1[C@H](OC)[C@@H](C)C(=O)C[C@@H](Cc1ccccc1)C(=O)NS(=O)(=O)Cc1ccc(CC(=O)[C@H](CCCNC(N)=O)NC(=O)[C@@H](CC(=O)CCOCCOCCOCCN2C(=O)CC(C)C2=O)C(C)C)cc1)OC)N(C)C(=O)[C@@H](CC(=O)[C@H](C(C)C)N(C)C)C(C)C. The van der Waals surface area contributed by atoms with E-state index in [1.165, 1.54) is 31.3 Å². The lowest BCUT2D eigenvalue weighted by atomic mass is 9.83. The van der Waals surface area contributed by atoms with Gasteiger partial charge in [0.1, 0.15) is 11.6 Å². The van der Waals surface area contributed by atoms with Crippen LogP contribution in [0.5, 0.6) is 0 Å². The summed E-state index contributed by atoms with van der Waals surface area (Å²) in [6, 6.07) is 11.8. The Bertz CT molecular complexity index is 3200. The minimum atomic E-state index is -4.40. The number of ketones is 4. The van der Waals surface area contributed by atoms with Crippen molar-refractivity contribution in [1.82, 2.24) is 35.0 Å². The first-order valence-corrected chi connectivity index (χ1v) is 38.3. The number of carbonyl (C=O) groups excluding carboxylic acids is 11. The molecule has 2 heterocycles. The highest BCUT2D eigenvalue weighted by Gasteiger charge is 2.44. The van der Waals surface area contributed by atoms with E-state index in [2.05, 4.69) is 15.4 Å². The lowest BCUT2D eigenvalue weighted by Gasteiger charge is -2.41. The van der Waals surface area contributed by atoms with Gasteiger partial charge in [-0.3, -0.25) is 62.5 Å². The minimum absolute atomic E-state index is 0.00870. The van der Waals surface area contributed by atoms with Gasteiger partial charge in [0.05, 0.1) is 94.7 Å². The van der Waals surface area contributed by atoms with Gasteiger partial charge in [-0.2, -0.15) is 0 Å². The van der Waals surface area contributed by atoms with Crippen LogP contribution in [0.1, 0.15) is 157 Å². The van der Waals surface area contributed by atoms with E-state index < -0.39 is 87.6 Å². The molecule has 26 nitrogen and oxygen atoms in total. The molecule has 578 valence electrons. The van der Waals surface area contributed by atoms with E-state index in [-0.39, 0.29) is 205 Å². The number of methoxy groups -OCH3 is 2. The summed E-state index contributed by atoms with van der Waals surface area (Å²) in [6.07, 6.45) is 0.262. The van der Waals surface area contributed by atoms with Crippen molar-refractivity contribution < 1.29 is 84.8 Å². The van der Waals surface area contributed by atoms with Crippen LogP contribution in [-0.2, 0) is 100 Å². The number of carbonyl (C=O) groups is 11. The second-order valence-corrected chi connectivity index (χ2v) is 30.9. The Kier molecular flexibility index (Phi) is 38.0. The molecule has 2 aliphatic rings. The van der Waals surface area contributed by atoms with Gasteiger partial charge in [-0.05, 0) is 86.6 Å². The van der Waals surface area contributed by atoms with Crippen LogP contribution in [-0.4, -0.2) is 224 Å². The summed E-state index contributed by atoms with van der Waals surface area (Å²) >= 11 is 0. The standard InChI is InChI=1S/C76H120N8O18S/c1-16-51(8)70(82(13)75(94)60(49(4)5)45-65(88)69(50(6)7)81(11)12)66(98-14)46-68(90)83-32-21-25-62(83)71(99-15)53(10)63(86)43-57(41-54-22-18-17-19-23-54)72(91)80-103(96,97)47-56-28-26-55(27-29-56)42-64(87)61(24-20-31-78-76(77)95)79-73(92)59(48(2)3)44-58(85)30-34-100-36-38-102-39-37-101-35-33-84-67(89)40-52(9)74(84)93/h17-19,22-23,26-29,48-53,57,59-62,66,69-71H,16,20-21,24-25,30-47H2,1-15H3,(H,79,92)(H,80,91)(H3,77,78,95)/t51-,52?,53-,57+,59-,60-,61-,62-,66+,69-,70-,71+/m0/s1. The number of Topliss-reactive ketones (excluding diaryl/α,β-unsaturated/α-hetero) is 4. The van der Waals surface area contributed by atoms with Crippen LogP contribution < -0.4 is 21.1 Å². The van der Waals surface area contributed by atoms with Crippen molar-refractivity contribution in [2.24, 2.45) is 59.0 Å². The highest BCUT2D eigenvalue weighted by atomic mass is 32.2. The van der Waals surface area contributed by atoms with Crippen LogP contribution in [0, 0.1) is 53.3 Å². The molecule has 2 fully saturated rings. The normalized spacial score (nSPS) is 17.9. The molecule has 2 aliphatic heterocycles. The number of ether oxygens (including phenoxy) is 5. The Balaban J connectivity index is 1.38. The molecule has 2 aromatic carbocycles. The molecule has 0 radical (unpaired) electrons. The van der Waals surface area contributed by atoms with Crippen LogP contribution in [0.3, 0.4) is 0 Å². The molecule has 0 aliphatic carbocycles. The summed E-state index contributed by atoms with van der Waals surface area (Å²) in [7, 11) is 4.05. The number of likely N-dealkylation sites (N-methyl/N-ethyl adjacent to an activating group) is 2. The lowest BCUT2D eigenvalue weighted by Crippen LogP contribution is -2.54. The van der Waals surface area contributed by atoms with Gasteiger partial charge in [0, 0.05) is 102 Å². The zero-order valence-corrected chi connectivity index (χ0v) is 64.6. The van der Waals surface area contributed by atoms with Crippen molar-refractivity contribution in [2.45, 2.75) is 195 Å². The summed E-state index contributed by atoms with van der Waals surface area (Å²) < 4.78 is 58.8. The van der Waals surface area contributed by atoms with Crippen LogP contribution >= 0.6 is 0 Å². The van der Waals surface area contributed by atoms with Gasteiger partial charge in [-0.1, -0.05) is 130 Å². The van der Waals surface area contributed by atoms with Gasteiger partial charge in [-0.25, -0.2) is 13.2 Å². The number of urea groups is 1. The Labute approximate surface area is 611 Å². The minimum Gasteiger partial charge on any atom is -0.379 e. The fraction of sp³-hybridized carbons (Fsp3) is 0.697. The predicted octanol–water partition coefficient (Wildman–Crippen LogP) is 6.30. The number of hydrogen-bond donors (Lipinski definition) is 4. The molecular weight excluding hydrogens is 1340 g/mol. The lowest BCUT2D eigenvalue weighted by molar-refractivity contribution is -0.149. The van der Waals surface area contributed by atoms with Gasteiger partial charge < -0.3 is 49.9 Å². The summed E-state index contributed by atoms with van der Waals surface area (Å²) in [5.74, 6) is -8.08. The highest BCUT2D eigenvalue weighted by Crippen LogP contribution is 2.33. The number of nitrogens with two attached hydrogens (primary N) is 1. The van der Waals surface area contributed by atoms with E-state index in [1.54, 1.807) is 87.0 Å². The van der Waals surface area contributed by atoms with Crippen molar-refractivity contribution in [3.8, 4) is 0 Å². The van der Waals surface area contributed by atoms with E-state index >= 15 is 0 Å². The molecule has 27 heteroatoms. The van der Waals surface area contributed by atoms with E-state index in [1.807, 2.05) is 60.5 Å². The van der Waals surface area contributed by atoms with Crippen LogP contribution in [0.2, 0.25) is 0 Å². The third-order valence-corrected chi connectivity index (χ3v) is 21.3. The molecule has 103 heavy (non-hydrogen) atoms. The molecule has 1 unspecified atom stereocenters. The summed E-state index contributed by atoms with van der Waals surface area (Å²) in [4.78, 5) is 155. The number of rotatable bonds is 50. The van der Waals surface area contributed by atoms with E-state index in [0.717, 1.165) is 0 Å². The number of primary amides is 1. The molecule has 5 N–H and O–H groups in total. The first-order chi connectivity index (χ1) is 48.7. The van der Waals surface area contributed by atoms with E-state index in [4.69, 9.17) is 29.4 Å². The Hall–Kier alpha value is -6.88. The first-order valence-electron chi connectivity index (χ1n) is 36.6. The fourth-order valence-electron chi connectivity index (χ4n) is 14.0. The molecular formula is C76H120N8O18S.